The zero-order valence-corrected chi connectivity index (χ0v) is 13.7. The van der Waals surface area contributed by atoms with Crippen LogP contribution < -0.4 is 0 Å². The van der Waals surface area contributed by atoms with Crippen LogP contribution in [0.5, 0.6) is 0 Å². The number of ketones is 1. The number of rotatable bonds is 3. The van der Waals surface area contributed by atoms with Gasteiger partial charge < -0.3 is 5.11 Å². The van der Waals surface area contributed by atoms with Crippen LogP contribution in [0, 0.1) is 11.8 Å². The van der Waals surface area contributed by atoms with Crippen molar-refractivity contribution < 1.29 is 14.7 Å². The zero-order valence-electron chi connectivity index (χ0n) is 13.7. The summed E-state index contributed by atoms with van der Waals surface area (Å²) in [6, 6.07) is 3.56. The molecular formula is C18H24O3. The predicted octanol–water partition coefficient (Wildman–Crippen LogP) is 4.25. The molecule has 0 heterocycles. The van der Waals surface area contributed by atoms with Gasteiger partial charge in [0.05, 0.1) is 5.56 Å². The summed E-state index contributed by atoms with van der Waals surface area (Å²) in [7, 11) is 0. The minimum absolute atomic E-state index is 0.0796. The molecule has 1 aliphatic carbocycles. The molecule has 1 aromatic carbocycles. The molecule has 0 saturated carbocycles. The summed E-state index contributed by atoms with van der Waals surface area (Å²) in [5.74, 6) is 0.0119. The van der Waals surface area contributed by atoms with Gasteiger partial charge in [-0.3, -0.25) is 4.79 Å². The summed E-state index contributed by atoms with van der Waals surface area (Å²) in [6.07, 6.45) is 0. The molecule has 1 aromatic rings. The van der Waals surface area contributed by atoms with Gasteiger partial charge in [0, 0.05) is 5.56 Å². The molecule has 114 valence electrons. The van der Waals surface area contributed by atoms with Gasteiger partial charge in [-0.15, -0.1) is 0 Å². The first-order valence-corrected chi connectivity index (χ1v) is 7.51. The number of carbonyl (C=O) groups excluding carboxylic acids is 1. The number of carbonyl (C=O) groups is 2. The van der Waals surface area contributed by atoms with Crippen LogP contribution >= 0.6 is 0 Å². The van der Waals surface area contributed by atoms with E-state index in [2.05, 4.69) is 34.6 Å². The van der Waals surface area contributed by atoms with Gasteiger partial charge in [0.15, 0.2) is 5.78 Å². The van der Waals surface area contributed by atoms with E-state index in [1.165, 1.54) is 6.92 Å². The van der Waals surface area contributed by atoms with Crippen molar-refractivity contribution in [2.45, 2.75) is 52.9 Å². The van der Waals surface area contributed by atoms with Gasteiger partial charge in [0.1, 0.15) is 0 Å². The second-order valence-electron chi connectivity index (χ2n) is 7.13. The lowest BCUT2D eigenvalue weighted by Gasteiger charge is -2.30. The number of carboxylic acid groups (broad SMARTS) is 1. The first-order chi connectivity index (χ1) is 9.59. The molecule has 0 amide bonds. The number of fused-ring (bicyclic) bond motifs is 1. The SMILES string of the molecule is CC(=O)c1cc2c(cc1C(=O)O)C(C)(C)C(C)C2C(C)C. The van der Waals surface area contributed by atoms with Crippen LogP contribution in [0.3, 0.4) is 0 Å². The fourth-order valence-corrected chi connectivity index (χ4v) is 3.82. The van der Waals surface area contributed by atoms with E-state index in [1.54, 1.807) is 6.07 Å². The molecule has 3 nitrogen and oxygen atoms in total. The number of Topliss-reactive ketones (excluding diaryl/α,β-unsaturated/α-hetero) is 1. The number of carboxylic acids is 1. The van der Waals surface area contributed by atoms with E-state index in [4.69, 9.17) is 0 Å². The summed E-state index contributed by atoms with van der Waals surface area (Å²) >= 11 is 0. The Hall–Kier alpha value is -1.64. The standard InChI is InChI=1S/C18H24O3/c1-9(2)16-10(3)18(5,6)15-8-13(17(20)21)12(11(4)19)7-14(15)16/h7-10,16H,1-6H3,(H,20,21). The third-order valence-electron chi connectivity index (χ3n) is 5.25. The van der Waals surface area contributed by atoms with Crippen LogP contribution in [0.15, 0.2) is 12.1 Å². The summed E-state index contributed by atoms with van der Waals surface area (Å²) in [5.41, 5.74) is 2.61. The molecule has 0 aliphatic heterocycles. The molecular weight excluding hydrogens is 264 g/mol. The Morgan fingerprint density at radius 1 is 1.19 bits per heavy atom. The Morgan fingerprint density at radius 2 is 1.76 bits per heavy atom. The van der Waals surface area contributed by atoms with Gasteiger partial charge in [-0.1, -0.05) is 34.6 Å². The van der Waals surface area contributed by atoms with E-state index in [0.717, 1.165) is 11.1 Å². The average molecular weight is 288 g/mol. The van der Waals surface area contributed by atoms with E-state index in [0.29, 0.717) is 23.3 Å². The topological polar surface area (TPSA) is 54.4 Å². The van der Waals surface area contributed by atoms with Gasteiger partial charge in [0.2, 0.25) is 0 Å². The fourth-order valence-electron chi connectivity index (χ4n) is 3.82. The highest BCUT2D eigenvalue weighted by Crippen LogP contribution is 2.53. The van der Waals surface area contributed by atoms with Gasteiger partial charge in [0.25, 0.3) is 0 Å². The highest BCUT2D eigenvalue weighted by atomic mass is 16.4. The van der Waals surface area contributed by atoms with E-state index in [1.807, 2.05) is 6.07 Å². The molecule has 2 atom stereocenters. The van der Waals surface area contributed by atoms with E-state index >= 15 is 0 Å². The van der Waals surface area contributed by atoms with Crippen molar-refractivity contribution in [2.24, 2.45) is 11.8 Å². The molecule has 2 unspecified atom stereocenters. The largest absolute Gasteiger partial charge is 0.478 e. The molecule has 0 bridgehead atoms. The molecule has 1 aliphatic rings. The maximum Gasteiger partial charge on any atom is 0.336 e. The highest BCUT2D eigenvalue weighted by Gasteiger charge is 2.45. The van der Waals surface area contributed by atoms with Crippen LogP contribution in [-0.2, 0) is 5.41 Å². The number of benzene rings is 1. The smallest absolute Gasteiger partial charge is 0.336 e. The van der Waals surface area contributed by atoms with Crippen molar-refractivity contribution in [3.63, 3.8) is 0 Å². The van der Waals surface area contributed by atoms with Crippen LogP contribution in [0.25, 0.3) is 0 Å². The van der Waals surface area contributed by atoms with E-state index < -0.39 is 5.97 Å². The van der Waals surface area contributed by atoms with Crippen LogP contribution in [0.4, 0.5) is 0 Å². The monoisotopic (exact) mass is 288 g/mol. The predicted molar refractivity (Wildman–Crippen MR) is 83.2 cm³/mol. The minimum atomic E-state index is -1.03. The number of hydrogen-bond acceptors (Lipinski definition) is 2. The van der Waals surface area contributed by atoms with Crippen molar-refractivity contribution in [3.8, 4) is 0 Å². The van der Waals surface area contributed by atoms with Crippen molar-refractivity contribution in [3.05, 3.63) is 34.4 Å². The summed E-state index contributed by atoms with van der Waals surface area (Å²) in [5, 5.41) is 9.40. The zero-order chi connectivity index (χ0) is 16.1. The third kappa shape index (κ3) is 2.29. The molecule has 3 heteroatoms. The van der Waals surface area contributed by atoms with Crippen LogP contribution in [-0.4, -0.2) is 16.9 Å². The van der Waals surface area contributed by atoms with Crippen molar-refractivity contribution in [1.82, 2.24) is 0 Å². The van der Waals surface area contributed by atoms with Crippen molar-refractivity contribution in [1.29, 1.82) is 0 Å². The molecule has 0 aromatic heterocycles. The average Bonchev–Trinajstić information content (AvgIpc) is 2.55. The lowest BCUT2D eigenvalue weighted by molar-refractivity contribution is 0.0692. The minimum Gasteiger partial charge on any atom is -0.478 e. The summed E-state index contributed by atoms with van der Waals surface area (Å²) < 4.78 is 0. The molecule has 1 N–H and O–H groups in total. The second kappa shape index (κ2) is 4.97. The Bertz CT molecular complexity index is 611. The van der Waals surface area contributed by atoms with Gasteiger partial charge in [-0.25, -0.2) is 4.79 Å². The Kier molecular flexibility index (Phi) is 3.73. The van der Waals surface area contributed by atoms with Crippen LogP contribution in [0.2, 0.25) is 0 Å². The maximum absolute atomic E-state index is 11.8. The molecule has 0 saturated heterocycles. The van der Waals surface area contributed by atoms with Gasteiger partial charge in [-0.05, 0) is 53.4 Å². The quantitative estimate of drug-likeness (QED) is 0.846. The van der Waals surface area contributed by atoms with Crippen molar-refractivity contribution >= 4 is 11.8 Å². The van der Waals surface area contributed by atoms with Crippen molar-refractivity contribution in [2.75, 3.05) is 0 Å². The molecule has 0 spiro atoms. The molecule has 0 radical (unpaired) electrons. The van der Waals surface area contributed by atoms with Gasteiger partial charge >= 0.3 is 5.97 Å². The first-order valence-electron chi connectivity index (χ1n) is 7.51. The van der Waals surface area contributed by atoms with Gasteiger partial charge in [-0.2, -0.15) is 0 Å². The Morgan fingerprint density at radius 3 is 2.19 bits per heavy atom. The first kappa shape index (κ1) is 15.7. The molecule has 2 rings (SSSR count). The highest BCUT2D eigenvalue weighted by molar-refractivity contribution is 6.05. The Balaban J connectivity index is 2.77. The maximum atomic E-state index is 11.8. The number of hydrogen-bond donors (Lipinski definition) is 1. The molecule has 21 heavy (non-hydrogen) atoms. The van der Waals surface area contributed by atoms with E-state index in [9.17, 15) is 14.7 Å². The Labute approximate surface area is 126 Å². The lowest BCUT2D eigenvalue weighted by atomic mass is 9.74. The third-order valence-corrected chi connectivity index (χ3v) is 5.25. The molecule has 0 fully saturated rings. The fraction of sp³-hybridized carbons (Fsp3) is 0.556. The summed E-state index contributed by atoms with van der Waals surface area (Å²) in [6.45, 7) is 12.4. The second-order valence-corrected chi connectivity index (χ2v) is 7.13. The number of aromatic carboxylic acids is 1. The summed E-state index contributed by atoms with van der Waals surface area (Å²) in [4.78, 5) is 23.3. The van der Waals surface area contributed by atoms with Crippen LogP contribution in [0.1, 0.15) is 79.3 Å². The normalized spacial score (nSPS) is 23.2. The van der Waals surface area contributed by atoms with E-state index in [-0.39, 0.29) is 16.8 Å². The lowest BCUT2D eigenvalue weighted by Crippen LogP contribution is -2.25.